The van der Waals surface area contributed by atoms with E-state index in [1.54, 1.807) is 29.9 Å². The third kappa shape index (κ3) is 1.06. The van der Waals surface area contributed by atoms with Gasteiger partial charge in [0.05, 0.1) is 7.11 Å². The van der Waals surface area contributed by atoms with Crippen LogP contribution in [0.25, 0.3) is 5.65 Å². The minimum absolute atomic E-state index is 0.263. The molecule has 0 saturated heterocycles. The Morgan fingerprint density at radius 1 is 1.54 bits per heavy atom. The van der Waals surface area contributed by atoms with Crippen LogP contribution in [0.1, 0.15) is 5.56 Å². The number of nitrogens with zero attached hydrogens (tertiary/aromatic N) is 2. The first-order valence-electron chi connectivity index (χ1n) is 3.90. The van der Waals surface area contributed by atoms with Crippen LogP contribution in [0.2, 0.25) is 0 Å². The van der Waals surface area contributed by atoms with Gasteiger partial charge in [0.15, 0.2) is 11.4 Å². The molecule has 0 fully saturated rings. The quantitative estimate of drug-likeness (QED) is 0.668. The molecule has 0 aromatic carbocycles. The zero-order valence-corrected chi connectivity index (χ0v) is 7.41. The second-order valence-corrected chi connectivity index (χ2v) is 2.82. The Labute approximate surface area is 74.8 Å². The van der Waals surface area contributed by atoms with Crippen LogP contribution in [0, 0.1) is 12.7 Å². The lowest BCUT2D eigenvalue weighted by molar-refractivity contribution is 0.383. The van der Waals surface area contributed by atoms with Crippen LogP contribution in [-0.4, -0.2) is 16.5 Å². The van der Waals surface area contributed by atoms with E-state index < -0.39 is 5.82 Å². The number of halogens is 1. The highest BCUT2D eigenvalue weighted by Crippen LogP contribution is 2.24. The predicted molar refractivity (Wildman–Crippen MR) is 46.4 cm³/mol. The lowest BCUT2D eigenvalue weighted by atomic mass is 10.3. The van der Waals surface area contributed by atoms with Gasteiger partial charge in [-0.1, -0.05) is 0 Å². The van der Waals surface area contributed by atoms with E-state index >= 15 is 0 Å². The molecule has 0 radical (unpaired) electrons. The summed E-state index contributed by atoms with van der Waals surface area (Å²) < 4.78 is 20.1. The summed E-state index contributed by atoms with van der Waals surface area (Å²) >= 11 is 0. The van der Waals surface area contributed by atoms with Gasteiger partial charge in [0.2, 0.25) is 5.82 Å². The molecule has 0 spiro atoms. The van der Waals surface area contributed by atoms with Gasteiger partial charge in [0.25, 0.3) is 0 Å². The number of ether oxygens (including phenoxy) is 1. The van der Waals surface area contributed by atoms with Crippen molar-refractivity contribution in [3.05, 3.63) is 30.0 Å². The van der Waals surface area contributed by atoms with E-state index in [2.05, 4.69) is 4.98 Å². The molecule has 0 aliphatic carbocycles. The maximum Gasteiger partial charge on any atom is 0.208 e. The standard InChI is InChI=1S/C9H9FN2O/c1-6-5-12-4-3-11-9(12)7(10)8(6)13-2/h3-5H,1-2H3. The van der Waals surface area contributed by atoms with Crippen molar-refractivity contribution >= 4 is 5.65 Å². The molecule has 0 aliphatic rings. The van der Waals surface area contributed by atoms with Crippen molar-refractivity contribution in [3.8, 4) is 5.75 Å². The second kappa shape index (κ2) is 2.73. The monoisotopic (exact) mass is 180 g/mol. The molecule has 0 atom stereocenters. The Kier molecular flexibility index (Phi) is 1.69. The first-order valence-corrected chi connectivity index (χ1v) is 3.90. The highest BCUT2D eigenvalue weighted by molar-refractivity contribution is 5.49. The average molecular weight is 180 g/mol. The van der Waals surface area contributed by atoms with Crippen LogP contribution in [0.3, 0.4) is 0 Å². The van der Waals surface area contributed by atoms with Crippen LogP contribution in [0.4, 0.5) is 4.39 Å². The van der Waals surface area contributed by atoms with E-state index in [4.69, 9.17) is 4.74 Å². The van der Waals surface area contributed by atoms with Crippen molar-refractivity contribution < 1.29 is 9.13 Å². The predicted octanol–water partition coefficient (Wildman–Crippen LogP) is 1.79. The van der Waals surface area contributed by atoms with Crippen molar-refractivity contribution in [2.45, 2.75) is 6.92 Å². The minimum atomic E-state index is -0.410. The average Bonchev–Trinajstić information content (AvgIpc) is 2.53. The lowest BCUT2D eigenvalue weighted by Gasteiger charge is -2.06. The number of hydrogen-bond acceptors (Lipinski definition) is 2. The van der Waals surface area contributed by atoms with Crippen molar-refractivity contribution in [1.82, 2.24) is 9.38 Å². The van der Waals surface area contributed by atoms with Gasteiger partial charge in [-0.25, -0.2) is 4.98 Å². The summed E-state index contributed by atoms with van der Waals surface area (Å²) in [5.41, 5.74) is 1.05. The number of rotatable bonds is 1. The van der Waals surface area contributed by atoms with E-state index in [1.807, 2.05) is 0 Å². The maximum atomic E-state index is 13.6. The van der Waals surface area contributed by atoms with Gasteiger partial charge < -0.3 is 9.14 Å². The molecule has 2 aromatic heterocycles. The number of aryl methyl sites for hydroxylation is 1. The van der Waals surface area contributed by atoms with E-state index in [9.17, 15) is 4.39 Å². The zero-order valence-electron chi connectivity index (χ0n) is 7.41. The Bertz CT molecular complexity index is 450. The van der Waals surface area contributed by atoms with E-state index in [-0.39, 0.29) is 5.75 Å². The third-order valence-electron chi connectivity index (χ3n) is 1.96. The fourth-order valence-electron chi connectivity index (χ4n) is 1.38. The van der Waals surface area contributed by atoms with Gasteiger partial charge in [-0.2, -0.15) is 4.39 Å². The summed E-state index contributed by atoms with van der Waals surface area (Å²) in [4.78, 5) is 3.88. The smallest absolute Gasteiger partial charge is 0.208 e. The normalized spacial score (nSPS) is 10.7. The number of methoxy groups -OCH3 is 1. The van der Waals surface area contributed by atoms with Gasteiger partial charge in [-0.05, 0) is 6.92 Å². The van der Waals surface area contributed by atoms with E-state index in [1.165, 1.54) is 7.11 Å². The van der Waals surface area contributed by atoms with Crippen molar-refractivity contribution in [2.24, 2.45) is 0 Å². The van der Waals surface area contributed by atoms with E-state index in [0.717, 1.165) is 5.56 Å². The van der Waals surface area contributed by atoms with Crippen LogP contribution < -0.4 is 4.74 Å². The van der Waals surface area contributed by atoms with Gasteiger partial charge in [0, 0.05) is 24.2 Å². The molecule has 0 bridgehead atoms. The largest absolute Gasteiger partial charge is 0.493 e. The molecule has 0 aliphatic heterocycles. The zero-order chi connectivity index (χ0) is 9.42. The van der Waals surface area contributed by atoms with Crippen LogP contribution >= 0.6 is 0 Å². The highest BCUT2D eigenvalue weighted by Gasteiger charge is 2.11. The Morgan fingerprint density at radius 3 is 3.00 bits per heavy atom. The van der Waals surface area contributed by atoms with Crippen LogP contribution in [0.15, 0.2) is 18.6 Å². The summed E-state index contributed by atoms with van der Waals surface area (Å²) in [7, 11) is 1.45. The molecular weight excluding hydrogens is 171 g/mol. The Hall–Kier alpha value is -1.58. The third-order valence-corrected chi connectivity index (χ3v) is 1.96. The first-order chi connectivity index (χ1) is 6.24. The fourth-order valence-corrected chi connectivity index (χ4v) is 1.38. The SMILES string of the molecule is COc1c(C)cn2ccnc2c1F. The van der Waals surface area contributed by atoms with Gasteiger partial charge in [-0.3, -0.25) is 0 Å². The number of aromatic nitrogens is 2. The van der Waals surface area contributed by atoms with Gasteiger partial charge >= 0.3 is 0 Å². The number of fused-ring (bicyclic) bond motifs is 1. The van der Waals surface area contributed by atoms with Gasteiger partial charge in [-0.15, -0.1) is 0 Å². The molecule has 0 N–H and O–H groups in total. The van der Waals surface area contributed by atoms with Crippen molar-refractivity contribution in [1.29, 1.82) is 0 Å². The van der Waals surface area contributed by atoms with Crippen molar-refractivity contribution in [2.75, 3.05) is 7.11 Å². The second-order valence-electron chi connectivity index (χ2n) is 2.82. The number of pyridine rings is 1. The molecule has 68 valence electrons. The molecule has 3 nitrogen and oxygen atoms in total. The Morgan fingerprint density at radius 2 is 2.31 bits per heavy atom. The summed E-state index contributed by atoms with van der Waals surface area (Å²) in [5, 5.41) is 0. The van der Waals surface area contributed by atoms with Crippen LogP contribution in [0.5, 0.6) is 5.75 Å². The first kappa shape index (κ1) is 8.04. The van der Waals surface area contributed by atoms with Crippen molar-refractivity contribution in [3.63, 3.8) is 0 Å². The highest BCUT2D eigenvalue weighted by atomic mass is 19.1. The molecule has 13 heavy (non-hydrogen) atoms. The molecule has 0 saturated carbocycles. The van der Waals surface area contributed by atoms with Crippen LogP contribution in [-0.2, 0) is 0 Å². The topological polar surface area (TPSA) is 26.5 Å². The fraction of sp³-hybridized carbons (Fsp3) is 0.222. The van der Waals surface area contributed by atoms with Gasteiger partial charge in [0.1, 0.15) is 0 Å². The van der Waals surface area contributed by atoms with E-state index in [0.29, 0.717) is 5.65 Å². The molecule has 4 heteroatoms. The Balaban J connectivity index is 2.85. The molecule has 2 rings (SSSR count). The molecular formula is C9H9FN2O. The molecule has 2 heterocycles. The molecule has 2 aromatic rings. The maximum absolute atomic E-state index is 13.6. The summed E-state index contributed by atoms with van der Waals surface area (Å²) in [6.45, 7) is 1.79. The minimum Gasteiger partial charge on any atom is -0.493 e. The summed E-state index contributed by atoms with van der Waals surface area (Å²) in [6.07, 6.45) is 5.03. The molecule has 0 unspecified atom stereocenters. The summed E-state index contributed by atoms with van der Waals surface area (Å²) in [6, 6.07) is 0. The number of hydrogen-bond donors (Lipinski definition) is 0. The lowest BCUT2D eigenvalue weighted by Crippen LogP contribution is -1.97. The summed E-state index contributed by atoms with van der Waals surface area (Å²) in [5.74, 6) is -0.147. The number of imidazole rings is 1. The molecule has 0 amide bonds.